The van der Waals surface area contributed by atoms with Gasteiger partial charge in [-0.2, -0.15) is 0 Å². The van der Waals surface area contributed by atoms with Crippen molar-refractivity contribution in [2.75, 3.05) is 13.2 Å². The fraction of sp³-hybridized carbons (Fsp3) is 0.444. The van der Waals surface area contributed by atoms with Gasteiger partial charge in [-0.05, 0) is 47.4 Å². The van der Waals surface area contributed by atoms with E-state index in [4.69, 9.17) is 4.74 Å². The van der Waals surface area contributed by atoms with Crippen molar-refractivity contribution >= 4 is 18.0 Å². The molecule has 2 aromatic carbocycles. The van der Waals surface area contributed by atoms with E-state index < -0.39 is 24.0 Å². The SMILES string of the molecule is CCC[C@@H](NC(=O)OCC1c2ccccc2-c2ccccc21)C(=O)NCC1CCCC1C(=O)O. The second-order valence-electron chi connectivity index (χ2n) is 9.19. The highest BCUT2D eigenvalue weighted by Gasteiger charge is 2.34. The number of nitrogens with one attached hydrogen (secondary N) is 2. The zero-order valence-corrected chi connectivity index (χ0v) is 19.5. The Bertz CT molecular complexity index is 1010. The molecule has 0 aliphatic heterocycles. The molecule has 0 radical (unpaired) electrons. The maximum atomic E-state index is 12.8. The standard InChI is InChI=1S/C27H32N2O5/c1-2-8-24(25(30)28-15-17-9-7-14-18(17)26(31)32)29-27(33)34-16-23-21-12-5-3-10-19(21)20-11-4-6-13-22(20)23/h3-6,10-13,17-18,23-24H,2,7-9,14-16H2,1H3,(H,28,30)(H,29,33)(H,31,32)/t17?,18?,24-/m1/s1. The Balaban J connectivity index is 1.33. The lowest BCUT2D eigenvalue weighted by Gasteiger charge is -2.21. The molecule has 0 spiro atoms. The Morgan fingerprint density at radius 1 is 1.03 bits per heavy atom. The molecule has 0 aromatic heterocycles. The number of amides is 2. The number of fused-ring (bicyclic) bond motifs is 3. The van der Waals surface area contributed by atoms with Crippen LogP contribution in [0.25, 0.3) is 11.1 Å². The second-order valence-corrected chi connectivity index (χ2v) is 9.19. The largest absolute Gasteiger partial charge is 0.481 e. The minimum Gasteiger partial charge on any atom is -0.481 e. The summed E-state index contributed by atoms with van der Waals surface area (Å²) in [5.74, 6) is -1.64. The van der Waals surface area contributed by atoms with Crippen LogP contribution in [0.3, 0.4) is 0 Å². The number of hydrogen-bond acceptors (Lipinski definition) is 4. The zero-order valence-electron chi connectivity index (χ0n) is 19.5. The van der Waals surface area contributed by atoms with E-state index >= 15 is 0 Å². The Kier molecular flexibility index (Phi) is 7.50. The summed E-state index contributed by atoms with van der Waals surface area (Å²) in [6, 6.07) is 15.5. The third-order valence-electron chi connectivity index (χ3n) is 7.04. The van der Waals surface area contributed by atoms with Gasteiger partial charge in [0.25, 0.3) is 0 Å². The minimum absolute atomic E-state index is 0.0491. The zero-order chi connectivity index (χ0) is 24.1. The topological polar surface area (TPSA) is 105 Å². The number of carboxylic acids is 1. The van der Waals surface area contributed by atoms with Gasteiger partial charge >= 0.3 is 12.1 Å². The summed E-state index contributed by atoms with van der Waals surface area (Å²) in [4.78, 5) is 36.8. The summed E-state index contributed by atoms with van der Waals surface area (Å²) < 4.78 is 5.59. The Morgan fingerprint density at radius 2 is 1.68 bits per heavy atom. The van der Waals surface area contributed by atoms with E-state index in [0.29, 0.717) is 25.8 Å². The van der Waals surface area contributed by atoms with Crippen LogP contribution in [-0.4, -0.2) is 42.3 Å². The summed E-state index contributed by atoms with van der Waals surface area (Å²) >= 11 is 0. The highest BCUT2D eigenvalue weighted by atomic mass is 16.5. The molecule has 4 rings (SSSR count). The molecule has 2 aromatic rings. The van der Waals surface area contributed by atoms with Gasteiger partial charge in [-0.25, -0.2) is 4.79 Å². The van der Waals surface area contributed by atoms with E-state index in [2.05, 4.69) is 34.9 Å². The summed E-state index contributed by atoms with van der Waals surface area (Å²) in [7, 11) is 0. The van der Waals surface area contributed by atoms with Crippen LogP contribution in [0.2, 0.25) is 0 Å². The Morgan fingerprint density at radius 3 is 2.29 bits per heavy atom. The monoisotopic (exact) mass is 464 g/mol. The highest BCUT2D eigenvalue weighted by molar-refractivity contribution is 5.85. The number of benzene rings is 2. The fourth-order valence-corrected chi connectivity index (χ4v) is 5.30. The summed E-state index contributed by atoms with van der Waals surface area (Å²) in [6.45, 7) is 2.43. The lowest BCUT2D eigenvalue weighted by atomic mass is 9.96. The normalized spacial score (nSPS) is 19.7. The molecule has 3 N–H and O–H groups in total. The van der Waals surface area contributed by atoms with Crippen LogP contribution in [0.15, 0.2) is 48.5 Å². The van der Waals surface area contributed by atoms with Gasteiger partial charge in [0.2, 0.25) is 5.91 Å². The van der Waals surface area contributed by atoms with Crippen LogP contribution in [0.4, 0.5) is 4.79 Å². The number of ether oxygens (including phenoxy) is 1. The van der Waals surface area contributed by atoms with E-state index in [-0.39, 0.29) is 24.3 Å². The molecule has 34 heavy (non-hydrogen) atoms. The van der Waals surface area contributed by atoms with E-state index in [0.717, 1.165) is 35.1 Å². The number of rotatable bonds is 9. The number of carbonyl (C=O) groups excluding carboxylic acids is 2. The van der Waals surface area contributed by atoms with Crippen molar-refractivity contribution in [3.63, 3.8) is 0 Å². The van der Waals surface area contributed by atoms with E-state index in [1.807, 2.05) is 31.2 Å². The van der Waals surface area contributed by atoms with Crippen molar-refractivity contribution < 1.29 is 24.2 Å². The first-order valence-corrected chi connectivity index (χ1v) is 12.1. The van der Waals surface area contributed by atoms with E-state index in [9.17, 15) is 19.5 Å². The van der Waals surface area contributed by atoms with Gasteiger partial charge in [-0.1, -0.05) is 68.3 Å². The molecule has 3 atom stereocenters. The van der Waals surface area contributed by atoms with Gasteiger partial charge < -0.3 is 20.5 Å². The molecule has 0 heterocycles. The van der Waals surface area contributed by atoms with Crippen LogP contribution in [-0.2, 0) is 14.3 Å². The van der Waals surface area contributed by atoms with Crippen molar-refractivity contribution in [2.45, 2.75) is 51.0 Å². The third kappa shape index (κ3) is 5.08. The van der Waals surface area contributed by atoms with Crippen molar-refractivity contribution in [1.29, 1.82) is 0 Å². The van der Waals surface area contributed by atoms with Crippen molar-refractivity contribution in [1.82, 2.24) is 10.6 Å². The summed E-state index contributed by atoms with van der Waals surface area (Å²) in [6.07, 6.45) is 2.85. The fourth-order valence-electron chi connectivity index (χ4n) is 5.30. The first-order valence-electron chi connectivity index (χ1n) is 12.1. The second kappa shape index (κ2) is 10.7. The average Bonchev–Trinajstić information content (AvgIpc) is 3.44. The summed E-state index contributed by atoms with van der Waals surface area (Å²) in [5.41, 5.74) is 4.57. The van der Waals surface area contributed by atoms with Crippen LogP contribution < -0.4 is 10.6 Å². The lowest BCUT2D eigenvalue weighted by molar-refractivity contribution is -0.143. The van der Waals surface area contributed by atoms with Crippen molar-refractivity contribution in [3.8, 4) is 11.1 Å². The molecule has 0 bridgehead atoms. The van der Waals surface area contributed by atoms with E-state index in [1.54, 1.807) is 0 Å². The van der Waals surface area contributed by atoms with Gasteiger partial charge in [0, 0.05) is 12.5 Å². The van der Waals surface area contributed by atoms with Crippen LogP contribution in [0.5, 0.6) is 0 Å². The molecule has 1 fully saturated rings. The molecule has 2 aliphatic rings. The Hall–Kier alpha value is -3.35. The minimum atomic E-state index is -0.807. The van der Waals surface area contributed by atoms with Crippen LogP contribution >= 0.6 is 0 Å². The molecule has 2 amide bonds. The molecule has 2 unspecified atom stereocenters. The van der Waals surface area contributed by atoms with Gasteiger partial charge in [0.05, 0.1) is 5.92 Å². The van der Waals surface area contributed by atoms with Gasteiger partial charge in [0.15, 0.2) is 0 Å². The van der Waals surface area contributed by atoms with Gasteiger partial charge in [-0.3, -0.25) is 9.59 Å². The Labute approximate surface area is 199 Å². The number of aliphatic carboxylic acids is 1. The molecule has 2 aliphatic carbocycles. The number of carbonyl (C=O) groups is 3. The molecular weight excluding hydrogens is 432 g/mol. The molecule has 180 valence electrons. The quantitative estimate of drug-likeness (QED) is 0.513. The predicted octanol–water partition coefficient (Wildman–Crippen LogP) is 4.31. The molecule has 7 nitrogen and oxygen atoms in total. The first-order chi connectivity index (χ1) is 16.5. The van der Waals surface area contributed by atoms with Crippen LogP contribution in [0.1, 0.15) is 56.1 Å². The van der Waals surface area contributed by atoms with Crippen molar-refractivity contribution in [2.24, 2.45) is 11.8 Å². The molecule has 7 heteroatoms. The van der Waals surface area contributed by atoms with Crippen molar-refractivity contribution in [3.05, 3.63) is 59.7 Å². The van der Waals surface area contributed by atoms with Gasteiger partial charge in [-0.15, -0.1) is 0 Å². The summed E-state index contributed by atoms with van der Waals surface area (Å²) in [5, 5.41) is 14.9. The molecule has 0 saturated heterocycles. The maximum absolute atomic E-state index is 12.8. The maximum Gasteiger partial charge on any atom is 0.407 e. The van der Waals surface area contributed by atoms with E-state index in [1.165, 1.54) is 0 Å². The molecule has 1 saturated carbocycles. The van der Waals surface area contributed by atoms with Gasteiger partial charge in [0.1, 0.15) is 12.6 Å². The average molecular weight is 465 g/mol. The number of alkyl carbamates (subject to hydrolysis) is 1. The first kappa shape index (κ1) is 23.8. The third-order valence-corrected chi connectivity index (χ3v) is 7.04. The number of hydrogen-bond donors (Lipinski definition) is 3. The smallest absolute Gasteiger partial charge is 0.407 e. The lowest BCUT2D eigenvalue weighted by Crippen LogP contribution is -2.48. The highest BCUT2D eigenvalue weighted by Crippen LogP contribution is 2.44. The molecular formula is C27H32N2O5. The number of carboxylic acid groups (broad SMARTS) is 1. The predicted molar refractivity (Wildman–Crippen MR) is 128 cm³/mol. The van der Waals surface area contributed by atoms with Crippen LogP contribution in [0, 0.1) is 11.8 Å².